The van der Waals surface area contributed by atoms with Crippen LogP contribution in [0.2, 0.25) is 0 Å². The summed E-state index contributed by atoms with van der Waals surface area (Å²) >= 11 is 0. The molecule has 2 heteroatoms. The highest BCUT2D eigenvalue weighted by atomic mass is 16.5. The van der Waals surface area contributed by atoms with Crippen LogP contribution in [0, 0.1) is 0 Å². The molecule has 0 amide bonds. The van der Waals surface area contributed by atoms with Crippen molar-refractivity contribution in [3.63, 3.8) is 0 Å². The van der Waals surface area contributed by atoms with Crippen LogP contribution in [-0.2, 0) is 10.8 Å². The van der Waals surface area contributed by atoms with Gasteiger partial charge in [-0.2, -0.15) is 0 Å². The van der Waals surface area contributed by atoms with E-state index in [1.807, 2.05) is 0 Å². The van der Waals surface area contributed by atoms with Gasteiger partial charge in [0.15, 0.2) is 0 Å². The second-order valence-corrected chi connectivity index (χ2v) is 20.2. The maximum absolute atomic E-state index is 7.20. The van der Waals surface area contributed by atoms with E-state index in [1.54, 1.807) is 0 Å². The molecule has 2 spiro atoms. The van der Waals surface area contributed by atoms with Gasteiger partial charge in [-0.15, -0.1) is 0 Å². The Hall–Kier alpha value is -9.50. The predicted molar refractivity (Wildman–Crippen MR) is 303 cm³/mol. The molecule has 12 aromatic carbocycles. The predicted octanol–water partition coefficient (Wildman–Crippen LogP) is 18.5. The Morgan fingerprint density at radius 1 is 0.257 bits per heavy atom. The van der Waals surface area contributed by atoms with Gasteiger partial charge in [0.1, 0.15) is 11.5 Å². The van der Waals surface area contributed by atoms with Crippen LogP contribution in [0.15, 0.2) is 273 Å². The van der Waals surface area contributed by atoms with Crippen molar-refractivity contribution in [1.82, 2.24) is 0 Å². The van der Waals surface area contributed by atoms with Crippen LogP contribution in [0.1, 0.15) is 44.5 Å². The van der Waals surface area contributed by atoms with E-state index in [2.05, 4.69) is 278 Å². The topological polar surface area (TPSA) is 12.5 Å². The van der Waals surface area contributed by atoms with Crippen molar-refractivity contribution in [1.29, 1.82) is 0 Å². The average molecular weight is 940 g/mol. The molecular formula is C72H45NO. The number of para-hydroxylation sites is 1. The van der Waals surface area contributed by atoms with Crippen molar-refractivity contribution in [2.24, 2.45) is 0 Å². The smallest absolute Gasteiger partial charge is 0.134 e. The summed E-state index contributed by atoms with van der Waals surface area (Å²) in [5.41, 5.74) is 24.6. The molecule has 344 valence electrons. The number of benzene rings is 12. The van der Waals surface area contributed by atoms with Gasteiger partial charge in [0.25, 0.3) is 0 Å². The molecule has 74 heavy (non-hydrogen) atoms. The highest BCUT2D eigenvalue weighted by Gasteiger charge is 2.53. The molecule has 0 saturated heterocycles. The zero-order valence-electron chi connectivity index (χ0n) is 40.3. The second-order valence-electron chi connectivity index (χ2n) is 20.2. The van der Waals surface area contributed by atoms with Crippen molar-refractivity contribution >= 4 is 27.8 Å². The third kappa shape index (κ3) is 5.44. The Morgan fingerprint density at radius 2 is 0.703 bits per heavy atom. The van der Waals surface area contributed by atoms with Crippen LogP contribution in [-0.4, -0.2) is 0 Å². The summed E-state index contributed by atoms with van der Waals surface area (Å²) in [7, 11) is 0. The van der Waals surface area contributed by atoms with Crippen molar-refractivity contribution in [3.8, 4) is 67.1 Å². The van der Waals surface area contributed by atoms with Gasteiger partial charge in [0, 0.05) is 34.3 Å². The van der Waals surface area contributed by atoms with E-state index in [9.17, 15) is 0 Å². The molecule has 3 aliphatic carbocycles. The summed E-state index contributed by atoms with van der Waals surface area (Å²) in [5, 5.41) is 2.45. The molecule has 0 atom stereocenters. The van der Waals surface area contributed by atoms with Crippen LogP contribution in [0.4, 0.5) is 17.1 Å². The molecule has 0 aromatic heterocycles. The Bertz CT molecular complexity index is 4210. The third-order valence-corrected chi connectivity index (χ3v) is 16.7. The zero-order chi connectivity index (χ0) is 48.5. The number of hydrogen-bond donors (Lipinski definition) is 0. The summed E-state index contributed by atoms with van der Waals surface area (Å²) in [6, 6.07) is 101. The number of rotatable bonds is 5. The van der Waals surface area contributed by atoms with Gasteiger partial charge in [-0.1, -0.05) is 231 Å². The minimum Gasteiger partial charge on any atom is -0.457 e. The monoisotopic (exact) mass is 939 g/mol. The summed E-state index contributed by atoms with van der Waals surface area (Å²) in [4.78, 5) is 2.46. The van der Waals surface area contributed by atoms with E-state index in [0.29, 0.717) is 0 Å². The maximum atomic E-state index is 7.20. The van der Waals surface area contributed by atoms with E-state index in [1.165, 1.54) is 94.2 Å². The van der Waals surface area contributed by atoms with Gasteiger partial charge < -0.3 is 9.64 Å². The molecule has 0 unspecified atom stereocenters. The normalized spacial score (nSPS) is 14.0. The molecule has 0 fully saturated rings. The molecule has 12 aromatic rings. The zero-order valence-corrected chi connectivity index (χ0v) is 40.3. The summed E-state index contributed by atoms with van der Waals surface area (Å²) < 4.78 is 7.20. The van der Waals surface area contributed by atoms with E-state index in [0.717, 1.165) is 45.3 Å². The minimum absolute atomic E-state index is 0.503. The third-order valence-electron chi connectivity index (χ3n) is 16.7. The lowest BCUT2D eigenvalue weighted by Crippen LogP contribution is -2.32. The fourth-order valence-electron chi connectivity index (χ4n) is 13.9. The van der Waals surface area contributed by atoms with Gasteiger partial charge >= 0.3 is 0 Å². The second kappa shape index (κ2) is 15.5. The lowest BCUT2D eigenvalue weighted by atomic mass is 9.66. The molecular weight excluding hydrogens is 895 g/mol. The molecule has 0 bridgehead atoms. The maximum Gasteiger partial charge on any atom is 0.134 e. The average Bonchev–Trinajstić information content (AvgIpc) is 4.05. The quantitative estimate of drug-likeness (QED) is 0.170. The van der Waals surface area contributed by atoms with Crippen LogP contribution in [0.5, 0.6) is 11.5 Å². The van der Waals surface area contributed by atoms with Gasteiger partial charge in [0.2, 0.25) is 0 Å². The van der Waals surface area contributed by atoms with Crippen LogP contribution >= 0.6 is 0 Å². The fraction of sp³-hybridized carbons (Fsp3) is 0.0278. The Morgan fingerprint density at radius 3 is 1.34 bits per heavy atom. The molecule has 4 aliphatic rings. The highest BCUT2D eigenvalue weighted by molar-refractivity contribution is 6.05. The summed E-state index contributed by atoms with van der Waals surface area (Å²) in [5.74, 6) is 1.72. The largest absolute Gasteiger partial charge is 0.457 e. The van der Waals surface area contributed by atoms with E-state index in [4.69, 9.17) is 4.74 Å². The standard InChI is InChI=1S/C72H45NO/c1-2-20-47(21-3-1)70-52-24-5-4-19-46(52)37-40-53(70)48-22-18-23-49(43-48)73(50-38-41-59-58-29-10-13-32-62(58)71(67(59)44-50)60-30-11-6-25-54(60)55-26-7-12-31-61(55)71)51-39-42-66-69(45-51)74-68-36-17-16-35-65(68)72(66)63-33-14-8-27-56(63)57-28-9-15-34-64(57)72/h1-45H. The summed E-state index contributed by atoms with van der Waals surface area (Å²) in [6.45, 7) is 0. The van der Waals surface area contributed by atoms with Gasteiger partial charge in [0.05, 0.1) is 10.8 Å². The first-order chi connectivity index (χ1) is 36.7. The van der Waals surface area contributed by atoms with Crippen molar-refractivity contribution in [2.75, 3.05) is 4.90 Å². The Kier molecular flexibility index (Phi) is 8.62. The van der Waals surface area contributed by atoms with Crippen molar-refractivity contribution in [2.45, 2.75) is 10.8 Å². The van der Waals surface area contributed by atoms with Gasteiger partial charge in [-0.3, -0.25) is 0 Å². The fourth-order valence-corrected chi connectivity index (χ4v) is 13.9. The molecule has 1 heterocycles. The minimum atomic E-state index is -0.570. The Labute approximate surface area is 430 Å². The van der Waals surface area contributed by atoms with Crippen LogP contribution < -0.4 is 9.64 Å². The highest BCUT2D eigenvalue weighted by Crippen LogP contribution is 2.65. The lowest BCUT2D eigenvalue weighted by Gasteiger charge is -2.40. The number of nitrogens with zero attached hydrogens (tertiary/aromatic N) is 1. The van der Waals surface area contributed by atoms with Gasteiger partial charge in [-0.25, -0.2) is 0 Å². The van der Waals surface area contributed by atoms with Crippen molar-refractivity contribution < 1.29 is 4.74 Å². The van der Waals surface area contributed by atoms with E-state index < -0.39 is 10.8 Å². The molecule has 0 radical (unpaired) electrons. The number of hydrogen-bond acceptors (Lipinski definition) is 2. The van der Waals surface area contributed by atoms with Gasteiger partial charge in [-0.05, 0) is 136 Å². The Balaban J connectivity index is 0.954. The van der Waals surface area contributed by atoms with Crippen LogP contribution in [0.3, 0.4) is 0 Å². The summed E-state index contributed by atoms with van der Waals surface area (Å²) in [6.07, 6.45) is 0. The molecule has 0 saturated carbocycles. The first-order valence-corrected chi connectivity index (χ1v) is 25.7. The number of ether oxygens (including phenoxy) is 1. The number of fused-ring (bicyclic) bond motifs is 20. The SMILES string of the molecule is c1ccc(-c2c(-c3cccc(N(c4ccc5c(c4)Oc4ccccc4C54c5ccccc5-c5ccccc54)c4ccc5c(c4)C4(c6ccccc6-c6ccccc64)c4ccccc4-5)c3)ccc3ccccc23)cc1. The molecule has 0 N–H and O–H groups in total. The van der Waals surface area contributed by atoms with Crippen LogP contribution in [0.25, 0.3) is 66.4 Å². The van der Waals surface area contributed by atoms with Crippen molar-refractivity contribution in [3.05, 3.63) is 317 Å². The molecule has 1 aliphatic heterocycles. The van der Waals surface area contributed by atoms with E-state index >= 15 is 0 Å². The first-order valence-electron chi connectivity index (χ1n) is 25.7. The lowest BCUT2D eigenvalue weighted by molar-refractivity contribution is 0.436. The van der Waals surface area contributed by atoms with E-state index in [-0.39, 0.29) is 0 Å². The first kappa shape index (κ1) is 41.2. The molecule has 16 rings (SSSR count). The number of anilines is 3. The molecule has 2 nitrogen and oxygen atoms in total.